The minimum Gasteiger partial charge on any atom is -0.268 e. The predicted molar refractivity (Wildman–Crippen MR) is 86.3 cm³/mol. The van der Waals surface area contributed by atoms with Crippen molar-refractivity contribution < 1.29 is 18.1 Å². The van der Waals surface area contributed by atoms with Crippen LogP contribution in [0.2, 0.25) is 5.02 Å². The van der Waals surface area contributed by atoms with Gasteiger partial charge in [0, 0.05) is 16.7 Å². The van der Waals surface area contributed by atoms with Gasteiger partial charge in [0.25, 0.3) is 21.6 Å². The lowest BCUT2D eigenvalue weighted by atomic mass is 10.1. The molecule has 0 radical (unpaired) electrons. The Balaban J connectivity index is 2.11. The van der Waals surface area contributed by atoms with Crippen molar-refractivity contribution >= 4 is 33.2 Å². The molecule has 0 unspecified atom stereocenters. The zero-order valence-electron chi connectivity index (χ0n) is 12.4. The van der Waals surface area contributed by atoms with Crippen molar-refractivity contribution in [1.82, 2.24) is 4.31 Å². The van der Waals surface area contributed by atoms with E-state index in [0.717, 1.165) is 11.6 Å². The smallest absolute Gasteiger partial charge is 0.268 e. The Morgan fingerprint density at radius 3 is 2.38 bits per heavy atom. The van der Waals surface area contributed by atoms with Gasteiger partial charge in [-0.05, 0) is 25.1 Å². The van der Waals surface area contributed by atoms with E-state index in [0.29, 0.717) is 4.31 Å². The van der Waals surface area contributed by atoms with Gasteiger partial charge in [0.2, 0.25) is 0 Å². The van der Waals surface area contributed by atoms with Crippen molar-refractivity contribution in [3.63, 3.8) is 0 Å². The molecule has 1 aliphatic heterocycles. The zero-order valence-corrected chi connectivity index (χ0v) is 14.0. The summed E-state index contributed by atoms with van der Waals surface area (Å²) in [5, 5.41) is 11.2. The summed E-state index contributed by atoms with van der Waals surface area (Å²) in [7, 11) is -4.13. The molecule has 9 heteroatoms. The first-order chi connectivity index (χ1) is 11.2. The molecule has 2 aromatic rings. The minimum absolute atomic E-state index is 0.0620. The van der Waals surface area contributed by atoms with Crippen LogP contribution >= 0.6 is 11.6 Å². The summed E-state index contributed by atoms with van der Waals surface area (Å²) in [6.07, 6.45) is 0. The van der Waals surface area contributed by atoms with E-state index in [-0.39, 0.29) is 27.6 Å². The molecule has 0 aromatic heterocycles. The number of rotatable bonds is 3. The molecule has 0 saturated heterocycles. The van der Waals surface area contributed by atoms with Gasteiger partial charge >= 0.3 is 0 Å². The second-order valence-electron chi connectivity index (χ2n) is 5.31. The molecule has 2 aromatic carbocycles. The summed E-state index contributed by atoms with van der Waals surface area (Å²) in [6, 6.07) is 8.37. The van der Waals surface area contributed by atoms with Crippen molar-refractivity contribution in [2.75, 3.05) is 0 Å². The highest BCUT2D eigenvalue weighted by Crippen LogP contribution is 2.38. The highest BCUT2D eigenvalue weighted by atomic mass is 35.5. The van der Waals surface area contributed by atoms with Gasteiger partial charge in [-0.1, -0.05) is 29.3 Å². The maximum absolute atomic E-state index is 12.7. The molecule has 7 nitrogen and oxygen atoms in total. The van der Waals surface area contributed by atoms with Crippen molar-refractivity contribution in [3.8, 4) is 0 Å². The minimum atomic E-state index is -4.13. The molecule has 0 N–H and O–H groups in total. The van der Waals surface area contributed by atoms with Gasteiger partial charge in [0.15, 0.2) is 0 Å². The third-order valence-corrected chi connectivity index (χ3v) is 5.88. The van der Waals surface area contributed by atoms with Gasteiger partial charge in [-0.25, -0.2) is 12.7 Å². The predicted octanol–water partition coefficient (Wildman–Crippen LogP) is 2.90. The van der Waals surface area contributed by atoms with E-state index < -0.39 is 26.5 Å². The van der Waals surface area contributed by atoms with Crippen LogP contribution in [0.15, 0.2) is 41.3 Å². The second-order valence-corrected chi connectivity index (χ2v) is 7.58. The zero-order chi connectivity index (χ0) is 17.6. The highest BCUT2D eigenvalue weighted by Gasteiger charge is 2.42. The van der Waals surface area contributed by atoms with Crippen LogP contribution in [-0.2, 0) is 16.6 Å². The van der Waals surface area contributed by atoms with Crippen LogP contribution in [0.4, 0.5) is 5.69 Å². The van der Waals surface area contributed by atoms with Gasteiger partial charge in [0.1, 0.15) is 5.56 Å². The van der Waals surface area contributed by atoms with E-state index in [1.54, 1.807) is 19.1 Å². The Hall–Kier alpha value is -2.45. The number of benzene rings is 2. The third-order valence-electron chi connectivity index (χ3n) is 3.78. The number of nitrogens with zero attached hydrogens (tertiary/aromatic N) is 2. The van der Waals surface area contributed by atoms with Crippen LogP contribution in [0, 0.1) is 17.0 Å². The Bertz CT molecular complexity index is 970. The fourth-order valence-corrected chi connectivity index (χ4v) is 4.09. The van der Waals surface area contributed by atoms with Gasteiger partial charge in [-0.2, -0.15) is 0 Å². The molecule has 0 bridgehead atoms. The molecule has 1 amide bonds. The molecular formula is C15H11ClN2O5S. The molecule has 3 rings (SSSR count). The lowest BCUT2D eigenvalue weighted by Crippen LogP contribution is -2.31. The lowest BCUT2D eigenvalue weighted by molar-refractivity contribution is -0.385. The lowest BCUT2D eigenvalue weighted by Gasteiger charge is -2.16. The monoisotopic (exact) mass is 366 g/mol. The van der Waals surface area contributed by atoms with Crippen LogP contribution in [0.3, 0.4) is 0 Å². The summed E-state index contributed by atoms with van der Waals surface area (Å²) < 4.78 is 26.0. The van der Waals surface area contributed by atoms with Crippen LogP contribution in [0.25, 0.3) is 0 Å². The van der Waals surface area contributed by atoms with Crippen LogP contribution in [0.5, 0.6) is 0 Å². The largest absolute Gasteiger partial charge is 0.282 e. The Kier molecular flexibility index (Phi) is 3.81. The molecule has 1 heterocycles. The van der Waals surface area contributed by atoms with Crippen molar-refractivity contribution in [1.29, 1.82) is 0 Å². The molecule has 0 fully saturated rings. The second kappa shape index (κ2) is 5.57. The Morgan fingerprint density at radius 1 is 1.17 bits per heavy atom. The number of fused-ring (bicyclic) bond motifs is 1. The summed E-state index contributed by atoms with van der Waals surface area (Å²) in [6.45, 7) is 1.47. The van der Waals surface area contributed by atoms with Gasteiger partial charge < -0.3 is 0 Å². The maximum atomic E-state index is 12.7. The molecule has 0 atom stereocenters. The molecular weight excluding hydrogens is 356 g/mol. The number of amides is 1. The van der Waals surface area contributed by atoms with Crippen LogP contribution in [0.1, 0.15) is 21.5 Å². The summed E-state index contributed by atoms with van der Waals surface area (Å²) in [5.41, 5.74) is 0.277. The van der Waals surface area contributed by atoms with E-state index in [1.165, 1.54) is 18.2 Å². The van der Waals surface area contributed by atoms with E-state index in [9.17, 15) is 23.3 Å². The number of aryl methyl sites for hydroxylation is 1. The highest BCUT2D eigenvalue weighted by molar-refractivity contribution is 7.89. The number of carbonyl (C=O) groups is 1. The normalized spacial score (nSPS) is 13.9. The van der Waals surface area contributed by atoms with Gasteiger partial charge in [0.05, 0.1) is 16.4 Å². The van der Waals surface area contributed by atoms with Gasteiger partial charge in [-0.15, -0.1) is 0 Å². The topological polar surface area (TPSA) is 97.6 Å². The number of sulfonamides is 1. The number of hydrogen-bond acceptors (Lipinski definition) is 5. The SMILES string of the molecule is Cc1ccc(S(=O)(=O)N2Cc3c(Cl)ccc([N+](=O)[O-])c3C2=O)cc1. The van der Waals surface area contributed by atoms with E-state index in [2.05, 4.69) is 0 Å². The van der Waals surface area contributed by atoms with E-state index >= 15 is 0 Å². The van der Waals surface area contributed by atoms with Crippen molar-refractivity contribution in [2.24, 2.45) is 0 Å². The number of halogens is 1. The number of carbonyl (C=O) groups excluding carboxylic acids is 1. The molecule has 1 aliphatic rings. The number of hydrogen-bond donors (Lipinski definition) is 0. The first kappa shape index (κ1) is 16.4. The Labute approximate surface area is 142 Å². The standard InChI is InChI=1S/C15H11ClN2O5S/c1-9-2-4-10(5-3-9)24(22,23)17-8-11-12(16)6-7-13(18(20)21)14(11)15(17)19/h2-7H,8H2,1H3. The van der Waals surface area contributed by atoms with Crippen LogP contribution in [-0.4, -0.2) is 23.6 Å². The van der Waals surface area contributed by atoms with Crippen molar-refractivity contribution in [2.45, 2.75) is 18.4 Å². The third kappa shape index (κ3) is 2.44. The first-order valence-corrected chi connectivity index (χ1v) is 8.65. The average Bonchev–Trinajstić information content (AvgIpc) is 2.87. The summed E-state index contributed by atoms with van der Waals surface area (Å²) in [5.74, 6) is -0.945. The molecule has 0 aliphatic carbocycles. The first-order valence-electron chi connectivity index (χ1n) is 6.83. The fraction of sp³-hybridized carbons (Fsp3) is 0.133. The fourth-order valence-electron chi connectivity index (χ4n) is 2.53. The molecule has 124 valence electrons. The van der Waals surface area contributed by atoms with E-state index in [1.807, 2.05) is 0 Å². The Morgan fingerprint density at radius 2 is 1.79 bits per heavy atom. The average molecular weight is 367 g/mol. The van der Waals surface area contributed by atoms with Crippen LogP contribution < -0.4 is 0 Å². The van der Waals surface area contributed by atoms with Gasteiger partial charge in [-0.3, -0.25) is 14.9 Å². The molecule has 0 spiro atoms. The molecule has 0 saturated carbocycles. The van der Waals surface area contributed by atoms with E-state index in [4.69, 9.17) is 11.6 Å². The number of nitro groups is 1. The number of nitro benzene ring substituents is 1. The maximum Gasteiger partial charge on any atom is 0.282 e. The summed E-state index contributed by atoms with van der Waals surface area (Å²) in [4.78, 5) is 22.9. The van der Waals surface area contributed by atoms with Crippen molar-refractivity contribution in [3.05, 3.63) is 68.2 Å². The quantitative estimate of drug-likeness (QED) is 0.614. The summed E-state index contributed by atoms with van der Waals surface area (Å²) >= 11 is 6.00. The molecule has 24 heavy (non-hydrogen) atoms.